The molecular weight excluding hydrogens is 436 g/mol. The molecule has 0 atom stereocenters. The van der Waals surface area contributed by atoms with Crippen molar-refractivity contribution in [3.8, 4) is 5.69 Å². The molecule has 0 bridgehead atoms. The summed E-state index contributed by atoms with van der Waals surface area (Å²) in [5.74, 6) is 2.40. The molecule has 2 aromatic heterocycles. The fraction of sp³-hybridized carbons (Fsp3) is 0.357. The maximum Gasteiger partial charge on any atom is 0.253 e. The van der Waals surface area contributed by atoms with Crippen LogP contribution in [0.5, 0.6) is 0 Å². The molecule has 2 fully saturated rings. The zero-order valence-electron chi connectivity index (χ0n) is 20.3. The number of nitrogens with zero attached hydrogens (tertiary/aromatic N) is 6. The van der Waals surface area contributed by atoms with Gasteiger partial charge in [-0.05, 0) is 57.4 Å². The molecule has 0 unspecified atom stereocenters. The predicted molar refractivity (Wildman–Crippen MR) is 137 cm³/mol. The summed E-state index contributed by atoms with van der Waals surface area (Å²) in [7, 11) is 0. The van der Waals surface area contributed by atoms with Crippen molar-refractivity contribution in [2.24, 2.45) is 0 Å². The Kier molecular flexibility index (Phi) is 5.47. The molecule has 2 aliphatic rings. The summed E-state index contributed by atoms with van der Waals surface area (Å²) in [6.07, 6.45) is 5.07. The van der Waals surface area contributed by atoms with Gasteiger partial charge in [-0.3, -0.25) is 4.79 Å². The van der Waals surface area contributed by atoms with Crippen LogP contribution in [0.3, 0.4) is 0 Å². The first-order valence-electron chi connectivity index (χ1n) is 12.5. The predicted octanol–water partition coefficient (Wildman–Crippen LogP) is 4.66. The second-order valence-electron chi connectivity index (χ2n) is 9.81. The van der Waals surface area contributed by atoms with Gasteiger partial charge in [0.05, 0.1) is 17.3 Å². The second-order valence-corrected chi connectivity index (χ2v) is 9.81. The lowest BCUT2D eigenvalue weighted by atomic mass is 10.1. The summed E-state index contributed by atoms with van der Waals surface area (Å²) in [4.78, 5) is 27.4. The van der Waals surface area contributed by atoms with Gasteiger partial charge in [0.15, 0.2) is 5.65 Å². The smallest absolute Gasteiger partial charge is 0.253 e. The molecule has 178 valence electrons. The number of carbonyl (C=O) groups is 1. The van der Waals surface area contributed by atoms with Crippen LogP contribution in [0.15, 0.2) is 54.7 Å². The number of benzene rings is 2. The van der Waals surface area contributed by atoms with Gasteiger partial charge in [-0.15, -0.1) is 0 Å². The van der Waals surface area contributed by atoms with Crippen molar-refractivity contribution in [3.63, 3.8) is 0 Å². The van der Waals surface area contributed by atoms with Gasteiger partial charge in [-0.1, -0.05) is 35.4 Å². The summed E-state index contributed by atoms with van der Waals surface area (Å²) in [6, 6.07) is 16.2. The van der Waals surface area contributed by atoms with Gasteiger partial charge in [0.1, 0.15) is 11.6 Å². The highest BCUT2D eigenvalue weighted by molar-refractivity contribution is 5.94. The van der Waals surface area contributed by atoms with E-state index in [1.165, 1.54) is 5.56 Å². The molecule has 0 radical (unpaired) electrons. The SMILES string of the molecule is Cc1ccc(C(=O)N2CCCN(c3nc(C4CC4)nc4c3cnn4-c3ccc(C)cc3)CC2)cc1. The molecule has 1 saturated carbocycles. The molecule has 35 heavy (non-hydrogen) atoms. The molecule has 0 N–H and O–H groups in total. The standard InChI is InChI=1S/C28H30N6O/c1-19-4-8-22(9-5-19)28(35)33-15-3-14-32(16-17-33)26-24-18-29-34(23-12-6-20(2)7-13-23)27(24)31-25(30-26)21-10-11-21/h4-9,12-13,18,21H,3,10-11,14-17H2,1-2H3. The van der Waals surface area contributed by atoms with Crippen molar-refractivity contribution in [1.82, 2.24) is 24.6 Å². The molecule has 1 saturated heterocycles. The van der Waals surface area contributed by atoms with E-state index in [0.29, 0.717) is 12.5 Å². The van der Waals surface area contributed by atoms with Gasteiger partial charge in [-0.25, -0.2) is 14.6 Å². The Labute approximate surface area is 205 Å². The second kappa shape index (κ2) is 8.80. The lowest BCUT2D eigenvalue weighted by Crippen LogP contribution is -2.35. The Bertz CT molecular complexity index is 1370. The maximum atomic E-state index is 13.1. The molecule has 1 aliphatic carbocycles. The third kappa shape index (κ3) is 4.27. The molecule has 1 amide bonds. The minimum atomic E-state index is 0.102. The number of carbonyl (C=O) groups excluding carboxylic acids is 1. The van der Waals surface area contributed by atoms with Crippen LogP contribution in [0.25, 0.3) is 16.7 Å². The third-order valence-electron chi connectivity index (χ3n) is 7.03. The lowest BCUT2D eigenvalue weighted by molar-refractivity contribution is 0.0767. The minimum absolute atomic E-state index is 0.102. The molecule has 1 aliphatic heterocycles. The number of rotatable bonds is 4. The van der Waals surface area contributed by atoms with E-state index >= 15 is 0 Å². The monoisotopic (exact) mass is 466 g/mol. The summed E-state index contributed by atoms with van der Waals surface area (Å²) in [6.45, 7) is 7.13. The first-order valence-corrected chi connectivity index (χ1v) is 12.5. The van der Waals surface area contributed by atoms with E-state index < -0.39 is 0 Å². The highest BCUT2D eigenvalue weighted by Crippen LogP contribution is 2.40. The number of hydrogen-bond donors (Lipinski definition) is 0. The zero-order chi connectivity index (χ0) is 23.9. The molecule has 3 heterocycles. The molecule has 2 aromatic carbocycles. The molecule has 7 heteroatoms. The number of aryl methyl sites for hydroxylation is 2. The summed E-state index contributed by atoms with van der Waals surface area (Å²) < 4.78 is 1.93. The van der Waals surface area contributed by atoms with Crippen molar-refractivity contribution >= 4 is 22.8 Å². The molecule has 6 rings (SSSR count). The summed E-state index contributed by atoms with van der Waals surface area (Å²) in [5, 5.41) is 5.67. The van der Waals surface area contributed by atoms with Crippen LogP contribution in [-0.4, -0.2) is 56.7 Å². The molecule has 4 aromatic rings. The number of aromatic nitrogens is 4. The number of amides is 1. The highest BCUT2D eigenvalue weighted by Gasteiger charge is 2.30. The molecule has 0 spiro atoms. The molecule has 7 nitrogen and oxygen atoms in total. The quantitative estimate of drug-likeness (QED) is 0.438. The van der Waals surface area contributed by atoms with Crippen LogP contribution in [0.2, 0.25) is 0 Å². The summed E-state index contributed by atoms with van der Waals surface area (Å²) >= 11 is 0. The van der Waals surface area contributed by atoms with Crippen LogP contribution in [-0.2, 0) is 0 Å². The molecular formula is C28H30N6O. The maximum absolute atomic E-state index is 13.1. The lowest BCUT2D eigenvalue weighted by Gasteiger charge is -2.24. The van der Waals surface area contributed by atoms with E-state index in [9.17, 15) is 4.79 Å². The van der Waals surface area contributed by atoms with Crippen molar-refractivity contribution in [2.75, 3.05) is 31.1 Å². The van der Waals surface area contributed by atoms with Crippen molar-refractivity contribution in [1.29, 1.82) is 0 Å². The Morgan fingerprint density at radius 2 is 1.57 bits per heavy atom. The highest BCUT2D eigenvalue weighted by atomic mass is 16.2. The fourth-order valence-corrected chi connectivity index (χ4v) is 4.76. The third-order valence-corrected chi connectivity index (χ3v) is 7.03. The van der Waals surface area contributed by atoms with E-state index in [2.05, 4.69) is 36.1 Å². The van der Waals surface area contributed by atoms with Crippen LogP contribution in [0.1, 0.15) is 52.5 Å². The van der Waals surface area contributed by atoms with E-state index in [0.717, 1.165) is 78.4 Å². The fourth-order valence-electron chi connectivity index (χ4n) is 4.76. The first kappa shape index (κ1) is 21.8. The van der Waals surface area contributed by atoms with Gasteiger partial charge in [0, 0.05) is 37.7 Å². The Morgan fingerprint density at radius 3 is 2.29 bits per heavy atom. The average molecular weight is 467 g/mol. The number of fused-ring (bicyclic) bond motifs is 1. The van der Waals surface area contributed by atoms with Gasteiger partial charge in [0.25, 0.3) is 5.91 Å². The van der Waals surface area contributed by atoms with Gasteiger partial charge in [-0.2, -0.15) is 5.10 Å². The topological polar surface area (TPSA) is 67.2 Å². The van der Waals surface area contributed by atoms with E-state index in [1.807, 2.05) is 47.0 Å². The first-order chi connectivity index (χ1) is 17.1. The Balaban J connectivity index is 1.31. The zero-order valence-corrected chi connectivity index (χ0v) is 20.3. The largest absolute Gasteiger partial charge is 0.354 e. The van der Waals surface area contributed by atoms with Crippen molar-refractivity contribution in [3.05, 3.63) is 77.2 Å². The number of anilines is 1. The van der Waals surface area contributed by atoms with Gasteiger partial charge >= 0.3 is 0 Å². The van der Waals surface area contributed by atoms with Crippen molar-refractivity contribution < 1.29 is 4.79 Å². The number of hydrogen-bond acceptors (Lipinski definition) is 5. The van der Waals surface area contributed by atoms with E-state index in [-0.39, 0.29) is 5.91 Å². The average Bonchev–Trinajstić information content (AvgIpc) is 3.68. The van der Waals surface area contributed by atoms with Crippen LogP contribution < -0.4 is 4.90 Å². The Morgan fingerprint density at radius 1 is 0.857 bits per heavy atom. The minimum Gasteiger partial charge on any atom is -0.354 e. The Hall–Kier alpha value is -3.74. The van der Waals surface area contributed by atoms with Crippen LogP contribution in [0, 0.1) is 13.8 Å². The van der Waals surface area contributed by atoms with Gasteiger partial charge in [0.2, 0.25) is 0 Å². The normalized spacial score (nSPS) is 16.5. The van der Waals surface area contributed by atoms with Crippen molar-refractivity contribution in [2.45, 2.75) is 39.0 Å². The van der Waals surface area contributed by atoms with E-state index in [1.54, 1.807) is 0 Å². The van der Waals surface area contributed by atoms with Crippen LogP contribution >= 0.6 is 0 Å². The van der Waals surface area contributed by atoms with E-state index in [4.69, 9.17) is 15.1 Å². The van der Waals surface area contributed by atoms with Crippen LogP contribution in [0.4, 0.5) is 5.82 Å². The van der Waals surface area contributed by atoms with Gasteiger partial charge < -0.3 is 9.80 Å². The summed E-state index contributed by atoms with van der Waals surface area (Å²) in [5.41, 5.74) is 4.99.